The van der Waals surface area contributed by atoms with Gasteiger partial charge in [0.1, 0.15) is 18.5 Å². The predicted molar refractivity (Wildman–Crippen MR) is 92.2 cm³/mol. The van der Waals surface area contributed by atoms with Gasteiger partial charge in [0.05, 0.1) is 23.5 Å². The third-order valence-electron chi connectivity index (χ3n) is 4.37. The molecule has 0 radical (unpaired) electrons. The van der Waals surface area contributed by atoms with Crippen molar-refractivity contribution in [1.82, 2.24) is 0 Å². The molecular weight excluding hydrogens is 378 g/mol. The molecule has 0 spiro atoms. The number of nitrogens with one attached hydrogen (secondary N) is 2. The van der Waals surface area contributed by atoms with Crippen LogP contribution < -0.4 is 15.3 Å². The van der Waals surface area contributed by atoms with Crippen LogP contribution in [0.4, 0.5) is 5.00 Å². The van der Waals surface area contributed by atoms with E-state index in [1.54, 1.807) is 29.5 Å². The van der Waals surface area contributed by atoms with Crippen LogP contribution in [-0.4, -0.2) is 24.6 Å². The summed E-state index contributed by atoms with van der Waals surface area (Å²) in [7, 11) is 2.17. The molecule has 0 amide bonds. The Balaban J connectivity index is 1.76. The molecule has 4 rings (SSSR count). The zero-order chi connectivity index (χ0) is 16.1. The highest BCUT2D eigenvalue weighted by Gasteiger charge is 2.29. The van der Waals surface area contributed by atoms with E-state index >= 15 is 0 Å². The fourth-order valence-electron chi connectivity index (χ4n) is 3.18. The van der Waals surface area contributed by atoms with Gasteiger partial charge in [0, 0.05) is 22.0 Å². The number of phenolic OH excluding ortho intramolecular Hbond substituents is 1. The van der Waals surface area contributed by atoms with Crippen LogP contribution in [0.2, 0.25) is 0 Å². The maximum absolute atomic E-state index is 12.6. The number of rotatable bonds is 1. The van der Waals surface area contributed by atoms with Gasteiger partial charge in [-0.2, -0.15) is 0 Å². The molecule has 0 bridgehead atoms. The summed E-state index contributed by atoms with van der Waals surface area (Å²) in [6.07, 6.45) is 0.376. The highest BCUT2D eigenvalue weighted by Crippen LogP contribution is 2.41. The van der Waals surface area contributed by atoms with Gasteiger partial charge in [0.2, 0.25) is 0 Å². The first kappa shape index (κ1) is 15.0. The van der Waals surface area contributed by atoms with Gasteiger partial charge in [-0.05, 0) is 29.7 Å². The summed E-state index contributed by atoms with van der Waals surface area (Å²) < 4.78 is 0.844. The fraction of sp³-hybridized carbons (Fsp3) is 0.312. The lowest BCUT2D eigenvalue weighted by Crippen LogP contribution is -3.08. The van der Waals surface area contributed by atoms with Gasteiger partial charge in [-0.3, -0.25) is 4.99 Å². The molecule has 0 aliphatic carbocycles. The smallest absolute Gasteiger partial charge is 0.148 e. The van der Waals surface area contributed by atoms with Crippen LogP contribution in [-0.2, 0) is 13.0 Å². The van der Waals surface area contributed by atoms with Crippen LogP contribution in [0.3, 0.4) is 0 Å². The van der Waals surface area contributed by atoms with E-state index in [1.165, 1.54) is 9.78 Å². The number of likely N-dealkylation sites (N-methyl/N-ethyl adjacent to an activating group) is 1. The van der Waals surface area contributed by atoms with E-state index in [9.17, 15) is 10.2 Å². The number of hydrogen-bond donors (Lipinski definition) is 3. The van der Waals surface area contributed by atoms with Crippen LogP contribution in [0.15, 0.2) is 27.7 Å². The van der Waals surface area contributed by atoms with E-state index in [4.69, 9.17) is 0 Å². The van der Waals surface area contributed by atoms with Gasteiger partial charge in [-0.1, -0.05) is 15.9 Å². The van der Waals surface area contributed by atoms with E-state index in [0.29, 0.717) is 5.56 Å². The second kappa shape index (κ2) is 5.51. The van der Waals surface area contributed by atoms with Crippen molar-refractivity contribution < 1.29 is 15.1 Å². The fourth-order valence-corrected chi connectivity index (χ4v) is 4.93. The molecule has 5 nitrogen and oxygen atoms in total. The van der Waals surface area contributed by atoms with E-state index in [-0.39, 0.29) is 11.6 Å². The van der Waals surface area contributed by atoms with Gasteiger partial charge < -0.3 is 20.4 Å². The number of halogens is 1. The van der Waals surface area contributed by atoms with E-state index in [1.807, 2.05) is 0 Å². The Hall–Kier alpha value is -1.57. The second-order valence-electron chi connectivity index (χ2n) is 6.03. The van der Waals surface area contributed by atoms with Crippen LogP contribution in [0.25, 0.3) is 0 Å². The summed E-state index contributed by atoms with van der Waals surface area (Å²) in [5.74, 6) is -0.0450. The van der Waals surface area contributed by atoms with Crippen molar-refractivity contribution in [2.75, 3.05) is 18.9 Å². The van der Waals surface area contributed by atoms with Crippen molar-refractivity contribution in [3.63, 3.8) is 0 Å². The number of fused-ring (bicyclic) bond motifs is 3. The van der Waals surface area contributed by atoms with Crippen molar-refractivity contribution in [1.29, 1.82) is 0 Å². The molecule has 2 atom stereocenters. The first-order valence-electron chi connectivity index (χ1n) is 7.49. The molecule has 0 saturated heterocycles. The maximum Gasteiger partial charge on any atom is 0.148 e. The predicted octanol–water partition coefficient (Wildman–Crippen LogP) is 1.02. The number of benzene rings is 1. The van der Waals surface area contributed by atoms with Crippen LogP contribution in [0.5, 0.6) is 5.75 Å². The minimum atomic E-state index is -0.544. The largest absolute Gasteiger partial charge is 0.858 e. The number of nitrogens with zero attached hydrogens (tertiary/aromatic N) is 1. The summed E-state index contributed by atoms with van der Waals surface area (Å²) >= 11 is 5.04. The van der Waals surface area contributed by atoms with Gasteiger partial charge in [-0.25, -0.2) is 0 Å². The van der Waals surface area contributed by atoms with Crippen molar-refractivity contribution >= 4 is 38.2 Å². The molecule has 0 saturated carbocycles. The van der Waals surface area contributed by atoms with Gasteiger partial charge in [0.15, 0.2) is 0 Å². The molecule has 3 heterocycles. The molecule has 0 fully saturated rings. The normalized spacial score (nSPS) is 22.8. The Morgan fingerprint density at radius 1 is 1.48 bits per heavy atom. The Kier molecular flexibility index (Phi) is 3.59. The number of anilines is 1. The topological polar surface area (TPSA) is 72.1 Å². The molecule has 2 aliphatic heterocycles. The van der Waals surface area contributed by atoms with Crippen molar-refractivity contribution in [2.24, 2.45) is 4.99 Å². The molecule has 2 aromatic rings. The number of quaternary nitrogens is 1. The Bertz CT molecular complexity index is 818. The quantitative estimate of drug-likeness (QED) is 0.677. The van der Waals surface area contributed by atoms with Crippen LogP contribution >= 0.6 is 27.3 Å². The molecule has 1 aromatic carbocycles. The molecular formula is C16H16BrN3O2S. The minimum absolute atomic E-state index is 0.135. The van der Waals surface area contributed by atoms with Gasteiger partial charge in [0.25, 0.3) is 0 Å². The molecule has 2 unspecified atom stereocenters. The first-order valence-corrected chi connectivity index (χ1v) is 9.10. The summed E-state index contributed by atoms with van der Waals surface area (Å²) in [6, 6.07) is 5.16. The Labute approximate surface area is 146 Å². The van der Waals surface area contributed by atoms with Gasteiger partial charge >= 0.3 is 0 Å². The lowest BCUT2D eigenvalue weighted by Gasteiger charge is -2.28. The minimum Gasteiger partial charge on any atom is -0.858 e. The average molecular weight is 394 g/mol. The van der Waals surface area contributed by atoms with Crippen molar-refractivity contribution in [3.05, 3.63) is 44.2 Å². The molecule has 23 heavy (non-hydrogen) atoms. The number of aromatic hydroxyl groups is 1. The average Bonchev–Trinajstić information content (AvgIpc) is 2.87. The third kappa shape index (κ3) is 2.52. The number of aliphatic imine (C=N–C) groups is 1. The summed E-state index contributed by atoms with van der Waals surface area (Å²) in [6.45, 7) is 1.99. The number of hydrogen-bond acceptors (Lipinski definition) is 5. The Morgan fingerprint density at radius 2 is 2.30 bits per heavy atom. The third-order valence-corrected chi connectivity index (χ3v) is 6.02. The Morgan fingerprint density at radius 3 is 3.13 bits per heavy atom. The van der Waals surface area contributed by atoms with Gasteiger partial charge in [-0.15, -0.1) is 11.3 Å². The zero-order valence-electron chi connectivity index (χ0n) is 12.5. The van der Waals surface area contributed by atoms with Crippen LogP contribution in [0.1, 0.15) is 27.7 Å². The van der Waals surface area contributed by atoms with E-state index < -0.39 is 6.17 Å². The lowest BCUT2D eigenvalue weighted by atomic mass is 10.0. The zero-order valence-corrected chi connectivity index (χ0v) is 14.9. The van der Waals surface area contributed by atoms with E-state index in [0.717, 1.165) is 40.1 Å². The van der Waals surface area contributed by atoms with E-state index in [2.05, 4.69) is 33.3 Å². The maximum atomic E-state index is 12.6. The molecule has 3 N–H and O–H groups in total. The second-order valence-corrected chi connectivity index (χ2v) is 8.05. The summed E-state index contributed by atoms with van der Waals surface area (Å²) in [5, 5.41) is 26.9. The van der Waals surface area contributed by atoms with Crippen molar-refractivity contribution in [3.8, 4) is 5.75 Å². The first-order chi connectivity index (χ1) is 11.0. The highest BCUT2D eigenvalue weighted by atomic mass is 79.9. The lowest BCUT2D eigenvalue weighted by molar-refractivity contribution is -0.895. The molecule has 1 aromatic heterocycles. The number of phenols is 1. The molecule has 7 heteroatoms. The number of thiophene rings is 1. The van der Waals surface area contributed by atoms with Crippen molar-refractivity contribution in [2.45, 2.75) is 19.1 Å². The highest BCUT2D eigenvalue weighted by molar-refractivity contribution is 9.10. The standard InChI is InChI=1S/C16H16BrN3O2S/c1-20-5-4-9-12(7-20)23-16-13(9)15(22)18-14(19-16)10-6-8(17)2-3-11(10)21/h2-3,6,14,19,21H,4-5,7H2,1H3,(H,18,22). The van der Waals surface area contributed by atoms with Crippen LogP contribution in [0, 0.1) is 0 Å². The monoisotopic (exact) mass is 393 g/mol. The molecule has 2 aliphatic rings. The SMILES string of the molecule is C[NH+]1CCc2c(sc3c2C([O-])=NC(c2cc(Br)ccc2O)N3)C1. The molecule has 120 valence electrons. The summed E-state index contributed by atoms with van der Waals surface area (Å²) in [5.41, 5.74) is 2.50. The summed E-state index contributed by atoms with van der Waals surface area (Å²) in [4.78, 5) is 7.00.